The van der Waals surface area contributed by atoms with Crippen molar-refractivity contribution in [1.82, 2.24) is 10.3 Å². The minimum atomic E-state index is -0.815. The molecule has 0 bridgehead atoms. The Morgan fingerprint density at radius 2 is 1.50 bits per heavy atom. The second-order valence-corrected chi connectivity index (χ2v) is 7.57. The van der Waals surface area contributed by atoms with Crippen molar-refractivity contribution in [2.75, 3.05) is 0 Å². The fraction of sp³-hybridized carbons (Fsp3) is 0.160. The van der Waals surface area contributed by atoms with E-state index < -0.39 is 11.9 Å². The van der Waals surface area contributed by atoms with Gasteiger partial charge in [-0.05, 0) is 42.7 Å². The number of benzene rings is 3. The van der Waals surface area contributed by atoms with Crippen LogP contribution in [0.2, 0.25) is 0 Å². The van der Waals surface area contributed by atoms with E-state index in [9.17, 15) is 9.59 Å². The summed E-state index contributed by atoms with van der Waals surface area (Å²) in [6, 6.07) is 20.2. The molecule has 1 heterocycles. The van der Waals surface area contributed by atoms with E-state index in [1.54, 1.807) is 0 Å². The van der Waals surface area contributed by atoms with Crippen LogP contribution in [0, 0.1) is 13.8 Å². The number of fused-ring (bicyclic) bond motifs is 2. The van der Waals surface area contributed by atoms with E-state index in [1.807, 2.05) is 80.6 Å². The number of pyridine rings is 1. The molecule has 3 aromatic carbocycles. The van der Waals surface area contributed by atoms with Gasteiger partial charge in [-0.3, -0.25) is 9.59 Å². The van der Waals surface area contributed by atoms with Crippen LogP contribution in [0.1, 0.15) is 27.0 Å². The third kappa shape index (κ3) is 3.74. The zero-order valence-electron chi connectivity index (χ0n) is 17.0. The molecule has 0 aliphatic heterocycles. The summed E-state index contributed by atoms with van der Waals surface area (Å²) in [7, 11) is 0. The molecule has 4 rings (SSSR count). The van der Waals surface area contributed by atoms with Crippen LogP contribution >= 0.6 is 0 Å². The Morgan fingerprint density at radius 3 is 2.07 bits per heavy atom. The third-order valence-electron chi connectivity index (χ3n) is 5.47. The van der Waals surface area contributed by atoms with Crippen LogP contribution in [0.5, 0.6) is 0 Å². The number of nitrogens with one attached hydrogen (secondary N) is 1. The first-order chi connectivity index (χ1) is 14.4. The van der Waals surface area contributed by atoms with Gasteiger partial charge in [0.2, 0.25) is 5.91 Å². The molecule has 30 heavy (non-hydrogen) atoms. The van der Waals surface area contributed by atoms with Crippen LogP contribution in [0.4, 0.5) is 0 Å². The average molecular weight is 397 g/mol. The highest BCUT2D eigenvalue weighted by Crippen LogP contribution is 2.26. The maximum atomic E-state index is 13.4. The van der Waals surface area contributed by atoms with Crippen molar-refractivity contribution in [3.63, 3.8) is 0 Å². The number of hydrogen-bond acceptors (Lipinski definition) is 3. The molecule has 0 spiro atoms. The summed E-state index contributed by atoms with van der Waals surface area (Å²) in [5.41, 5.74) is 10.9. The Labute approximate surface area is 174 Å². The number of nitrogens with zero attached hydrogens (tertiary/aromatic N) is 1. The van der Waals surface area contributed by atoms with Gasteiger partial charge >= 0.3 is 0 Å². The number of para-hydroxylation sites is 2. The van der Waals surface area contributed by atoms with Crippen LogP contribution in [0.25, 0.3) is 21.8 Å². The normalized spacial score (nSPS) is 12.1. The molecule has 4 aromatic rings. The highest BCUT2D eigenvalue weighted by molar-refractivity contribution is 6.16. The molecule has 0 fully saturated rings. The van der Waals surface area contributed by atoms with Crippen LogP contribution < -0.4 is 11.1 Å². The molecule has 5 heteroatoms. The lowest BCUT2D eigenvalue weighted by atomic mass is 9.99. The molecule has 0 aliphatic carbocycles. The smallest absolute Gasteiger partial charge is 0.253 e. The summed E-state index contributed by atoms with van der Waals surface area (Å²) in [5, 5.41) is 4.34. The summed E-state index contributed by atoms with van der Waals surface area (Å²) in [6.45, 7) is 4.05. The predicted molar refractivity (Wildman–Crippen MR) is 119 cm³/mol. The van der Waals surface area contributed by atoms with Gasteiger partial charge < -0.3 is 11.1 Å². The number of aryl methyl sites for hydroxylation is 2. The number of aromatic nitrogens is 1. The zero-order valence-corrected chi connectivity index (χ0v) is 17.0. The van der Waals surface area contributed by atoms with Gasteiger partial charge in [-0.25, -0.2) is 4.98 Å². The number of carbonyl (C=O) groups excluding carboxylic acids is 2. The van der Waals surface area contributed by atoms with Crippen molar-refractivity contribution in [1.29, 1.82) is 0 Å². The number of rotatable bonds is 5. The first-order valence-corrected chi connectivity index (χ1v) is 9.88. The van der Waals surface area contributed by atoms with Crippen molar-refractivity contribution in [2.24, 2.45) is 5.73 Å². The summed E-state index contributed by atoms with van der Waals surface area (Å²) in [5.74, 6) is -0.901. The fourth-order valence-corrected chi connectivity index (χ4v) is 3.70. The van der Waals surface area contributed by atoms with E-state index in [2.05, 4.69) is 10.3 Å². The number of primary amides is 1. The summed E-state index contributed by atoms with van der Waals surface area (Å²) in [6.07, 6.45) is 0.336. The van der Waals surface area contributed by atoms with Crippen molar-refractivity contribution in [2.45, 2.75) is 26.3 Å². The third-order valence-corrected chi connectivity index (χ3v) is 5.47. The second kappa shape index (κ2) is 7.95. The van der Waals surface area contributed by atoms with Gasteiger partial charge in [-0.1, -0.05) is 54.6 Å². The number of carbonyl (C=O) groups is 2. The average Bonchev–Trinajstić information content (AvgIpc) is 2.73. The van der Waals surface area contributed by atoms with E-state index in [1.165, 1.54) is 5.56 Å². The first-order valence-electron chi connectivity index (χ1n) is 9.88. The maximum absolute atomic E-state index is 13.4. The molecular weight excluding hydrogens is 374 g/mol. The predicted octanol–water partition coefficient (Wildman–Crippen LogP) is 3.83. The molecule has 0 radical (unpaired) electrons. The molecule has 0 saturated heterocycles. The molecule has 1 atom stereocenters. The molecule has 0 aliphatic rings. The van der Waals surface area contributed by atoms with Gasteiger partial charge in [0, 0.05) is 17.2 Å². The Hall–Kier alpha value is -3.73. The van der Waals surface area contributed by atoms with Crippen LogP contribution in [0.3, 0.4) is 0 Å². The number of hydrogen-bond donors (Lipinski definition) is 2. The molecule has 0 saturated carbocycles. The molecule has 0 unspecified atom stereocenters. The maximum Gasteiger partial charge on any atom is 0.253 e. The SMILES string of the molecule is Cc1ccc(C[C@@H](NC(=O)c2c3ccccc3nc3ccccc23)C(N)=O)cc1C. The first kappa shape index (κ1) is 19.6. The lowest BCUT2D eigenvalue weighted by Gasteiger charge is -2.18. The van der Waals surface area contributed by atoms with E-state index in [0.29, 0.717) is 12.0 Å². The van der Waals surface area contributed by atoms with E-state index in [0.717, 1.165) is 32.9 Å². The molecule has 5 nitrogen and oxygen atoms in total. The summed E-state index contributed by atoms with van der Waals surface area (Å²) < 4.78 is 0. The molecule has 3 N–H and O–H groups in total. The number of nitrogens with two attached hydrogens (primary N) is 1. The largest absolute Gasteiger partial charge is 0.368 e. The fourth-order valence-electron chi connectivity index (χ4n) is 3.70. The van der Waals surface area contributed by atoms with Gasteiger partial charge in [0.05, 0.1) is 16.6 Å². The Morgan fingerprint density at radius 1 is 0.900 bits per heavy atom. The highest BCUT2D eigenvalue weighted by atomic mass is 16.2. The van der Waals surface area contributed by atoms with E-state index >= 15 is 0 Å². The Bertz CT molecular complexity index is 1230. The van der Waals surface area contributed by atoms with Crippen LogP contribution in [0.15, 0.2) is 66.7 Å². The lowest BCUT2D eigenvalue weighted by Crippen LogP contribution is -2.46. The van der Waals surface area contributed by atoms with Crippen molar-refractivity contribution < 1.29 is 9.59 Å². The quantitative estimate of drug-likeness (QED) is 0.502. The lowest BCUT2D eigenvalue weighted by molar-refractivity contribution is -0.119. The van der Waals surface area contributed by atoms with E-state index in [4.69, 9.17) is 5.73 Å². The number of amides is 2. The Balaban J connectivity index is 1.73. The molecule has 1 aromatic heterocycles. The van der Waals surface area contributed by atoms with Crippen LogP contribution in [-0.4, -0.2) is 22.8 Å². The molecule has 2 amide bonds. The molecule has 150 valence electrons. The minimum Gasteiger partial charge on any atom is -0.368 e. The van der Waals surface area contributed by atoms with Crippen molar-refractivity contribution in [3.8, 4) is 0 Å². The standard InChI is InChI=1S/C25H23N3O2/c1-15-11-12-17(13-16(15)2)14-22(24(26)29)28-25(30)23-18-7-3-5-9-20(18)27-21-10-6-4-8-19(21)23/h3-13,22H,14H2,1-2H3,(H2,26,29)(H,28,30)/t22-/m1/s1. The summed E-state index contributed by atoms with van der Waals surface area (Å²) >= 11 is 0. The topological polar surface area (TPSA) is 85.1 Å². The second-order valence-electron chi connectivity index (χ2n) is 7.57. The zero-order chi connectivity index (χ0) is 21.3. The van der Waals surface area contributed by atoms with Gasteiger partial charge in [-0.15, -0.1) is 0 Å². The van der Waals surface area contributed by atoms with Gasteiger partial charge in [-0.2, -0.15) is 0 Å². The Kier molecular flexibility index (Phi) is 5.19. The van der Waals surface area contributed by atoms with Crippen molar-refractivity contribution >= 4 is 33.6 Å². The van der Waals surface area contributed by atoms with Crippen LogP contribution in [-0.2, 0) is 11.2 Å². The van der Waals surface area contributed by atoms with Gasteiger partial charge in [0.15, 0.2) is 0 Å². The molecular formula is C25H23N3O2. The van der Waals surface area contributed by atoms with Crippen molar-refractivity contribution in [3.05, 3.63) is 89.0 Å². The van der Waals surface area contributed by atoms with Gasteiger partial charge in [0.25, 0.3) is 5.91 Å². The van der Waals surface area contributed by atoms with E-state index in [-0.39, 0.29) is 5.91 Å². The highest BCUT2D eigenvalue weighted by Gasteiger charge is 2.23. The summed E-state index contributed by atoms with van der Waals surface area (Å²) in [4.78, 5) is 30.1. The minimum absolute atomic E-state index is 0.336. The monoisotopic (exact) mass is 397 g/mol. The van der Waals surface area contributed by atoms with Gasteiger partial charge in [0.1, 0.15) is 6.04 Å².